The zero-order valence-corrected chi connectivity index (χ0v) is 10.6. The van der Waals surface area contributed by atoms with Crippen molar-refractivity contribution in [1.29, 1.82) is 0 Å². The molecule has 0 spiro atoms. The third-order valence-corrected chi connectivity index (χ3v) is 3.19. The Labute approximate surface area is 102 Å². The van der Waals surface area contributed by atoms with Crippen LogP contribution in [0, 0.1) is 12.8 Å². The van der Waals surface area contributed by atoms with Gasteiger partial charge in [0.1, 0.15) is 0 Å². The van der Waals surface area contributed by atoms with Gasteiger partial charge in [0.05, 0.1) is 18.2 Å². The highest BCUT2D eigenvalue weighted by Gasteiger charge is 2.30. The van der Waals surface area contributed by atoms with Crippen LogP contribution in [-0.4, -0.2) is 16.6 Å². The van der Waals surface area contributed by atoms with Gasteiger partial charge >= 0.3 is 0 Å². The van der Waals surface area contributed by atoms with Gasteiger partial charge in [-0.1, -0.05) is 36.8 Å². The molecule has 0 fully saturated rings. The number of nitrogens with zero attached hydrogens (tertiary/aromatic N) is 2. The molecule has 17 heavy (non-hydrogen) atoms. The molecule has 0 saturated heterocycles. The van der Waals surface area contributed by atoms with Crippen molar-refractivity contribution < 1.29 is 4.79 Å². The molecule has 0 aromatic heterocycles. The number of amides is 1. The third kappa shape index (κ3) is 2.38. The molecule has 0 bridgehead atoms. The molecule has 3 heteroatoms. The minimum absolute atomic E-state index is 0.0505. The van der Waals surface area contributed by atoms with Crippen molar-refractivity contribution in [2.24, 2.45) is 11.0 Å². The Morgan fingerprint density at radius 3 is 2.47 bits per heavy atom. The Bertz CT molecular complexity index is 448. The molecule has 0 radical (unpaired) electrons. The fourth-order valence-electron chi connectivity index (χ4n) is 2.01. The van der Waals surface area contributed by atoms with E-state index in [2.05, 4.69) is 24.2 Å². The fraction of sp³-hybridized carbons (Fsp3) is 0.429. The van der Waals surface area contributed by atoms with E-state index in [4.69, 9.17) is 0 Å². The van der Waals surface area contributed by atoms with Gasteiger partial charge in [-0.15, -0.1) is 0 Å². The number of hydrogen-bond acceptors (Lipinski definition) is 2. The van der Waals surface area contributed by atoms with E-state index >= 15 is 0 Å². The van der Waals surface area contributed by atoms with Crippen LogP contribution in [0.4, 0.5) is 0 Å². The molecule has 90 valence electrons. The van der Waals surface area contributed by atoms with Crippen LogP contribution in [0.25, 0.3) is 0 Å². The van der Waals surface area contributed by atoms with E-state index in [1.807, 2.05) is 26.0 Å². The zero-order chi connectivity index (χ0) is 12.4. The van der Waals surface area contributed by atoms with E-state index in [0.29, 0.717) is 6.54 Å². The molecule has 0 N–H and O–H groups in total. The highest BCUT2D eigenvalue weighted by atomic mass is 16.2. The fourth-order valence-corrected chi connectivity index (χ4v) is 2.01. The van der Waals surface area contributed by atoms with E-state index < -0.39 is 0 Å². The summed E-state index contributed by atoms with van der Waals surface area (Å²) in [6, 6.07) is 8.22. The second-order valence-corrected chi connectivity index (χ2v) is 4.55. The van der Waals surface area contributed by atoms with Crippen LogP contribution < -0.4 is 0 Å². The average Bonchev–Trinajstić information content (AvgIpc) is 2.60. The van der Waals surface area contributed by atoms with Crippen molar-refractivity contribution in [3.63, 3.8) is 0 Å². The number of aryl methyl sites for hydroxylation is 1. The van der Waals surface area contributed by atoms with Crippen LogP contribution in [0.2, 0.25) is 0 Å². The van der Waals surface area contributed by atoms with E-state index in [0.717, 1.165) is 17.7 Å². The normalized spacial score (nSPS) is 19.7. The minimum atomic E-state index is -0.0505. The number of hydrogen-bond donors (Lipinski definition) is 0. The number of hydrazone groups is 1. The lowest BCUT2D eigenvalue weighted by molar-refractivity contribution is -0.131. The number of carbonyl (C=O) groups is 1. The maximum Gasteiger partial charge on any atom is 0.251 e. The first kappa shape index (κ1) is 11.8. The summed E-state index contributed by atoms with van der Waals surface area (Å²) in [5, 5.41) is 5.98. The van der Waals surface area contributed by atoms with Crippen molar-refractivity contribution in [1.82, 2.24) is 5.01 Å². The van der Waals surface area contributed by atoms with E-state index in [9.17, 15) is 4.79 Å². The van der Waals surface area contributed by atoms with Crippen LogP contribution in [0.1, 0.15) is 31.4 Å². The number of carbonyl (C=O) groups excluding carboxylic acids is 1. The predicted molar refractivity (Wildman–Crippen MR) is 68.6 cm³/mol. The molecule has 1 aromatic rings. The van der Waals surface area contributed by atoms with Crippen molar-refractivity contribution in [3.05, 3.63) is 35.4 Å². The Morgan fingerprint density at radius 2 is 1.94 bits per heavy atom. The Morgan fingerprint density at radius 1 is 1.29 bits per heavy atom. The topological polar surface area (TPSA) is 32.7 Å². The number of benzene rings is 1. The summed E-state index contributed by atoms with van der Waals surface area (Å²) in [5.41, 5.74) is 3.34. The van der Waals surface area contributed by atoms with Crippen LogP contribution in [0.3, 0.4) is 0 Å². The van der Waals surface area contributed by atoms with Gasteiger partial charge in [0.2, 0.25) is 0 Å². The molecule has 1 heterocycles. The molecule has 0 saturated carbocycles. The largest absolute Gasteiger partial charge is 0.272 e. The molecule has 0 aliphatic carbocycles. The van der Waals surface area contributed by atoms with Crippen LogP contribution >= 0.6 is 0 Å². The van der Waals surface area contributed by atoms with Crippen molar-refractivity contribution in [3.8, 4) is 0 Å². The first-order chi connectivity index (χ1) is 8.11. The monoisotopic (exact) mass is 230 g/mol. The lowest BCUT2D eigenvalue weighted by Gasteiger charge is -2.12. The summed E-state index contributed by atoms with van der Waals surface area (Å²) < 4.78 is 0. The predicted octanol–water partition coefficient (Wildman–Crippen LogP) is 2.74. The van der Waals surface area contributed by atoms with Gasteiger partial charge < -0.3 is 0 Å². The molecule has 1 aliphatic heterocycles. The van der Waals surface area contributed by atoms with Gasteiger partial charge in [-0.25, -0.2) is 5.01 Å². The molecule has 1 unspecified atom stereocenters. The van der Waals surface area contributed by atoms with Crippen molar-refractivity contribution in [2.45, 2.75) is 33.7 Å². The number of rotatable bonds is 3. The molecule has 3 nitrogen and oxygen atoms in total. The Hall–Kier alpha value is -1.64. The zero-order valence-electron chi connectivity index (χ0n) is 10.6. The summed E-state index contributed by atoms with van der Waals surface area (Å²) >= 11 is 0. The minimum Gasteiger partial charge on any atom is -0.272 e. The summed E-state index contributed by atoms with van der Waals surface area (Å²) in [7, 11) is 0. The molecule has 2 rings (SSSR count). The summed E-state index contributed by atoms with van der Waals surface area (Å²) in [6.45, 7) is 6.60. The molecule has 1 aliphatic rings. The van der Waals surface area contributed by atoms with Gasteiger partial charge in [0.15, 0.2) is 0 Å². The van der Waals surface area contributed by atoms with E-state index in [1.165, 1.54) is 5.56 Å². The maximum absolute atomic E-state index is 12.0. The first-order valence-electron chi connectivity index (χ1n) is 6.06. The van der Waals surface area contributed by atoms with Gasteiger partial charge in [-0.05, 0) is 25.8 Å². The SMILES string of the molecule is CCC1=NN(Cc2ccc(C)cc2)C(=O)C1C. The smallest absolute Gasteiger partial charge is 0.251 e. The molecular weight excluding hydrogens is 212 g/mol. The lowest BCUT2D eigenvalue weighted by atomic mass is 10.0. The van der Waals surface area contributed by atoms with Gasteiger partial charge in [0.25, 0.3) is 5.91 Å². The van der Waals surface area contributed by atoms with E-state index in [1.54, 1.807) is 5.01 Å². The molecule has 1 amide bonds. The highest BCUT2D eigenvalue weighted by Crippen LogP contribution is 2.19. The van der Waals surface area contributed by atoms with Gasteiger partial charge in [-0.2, -0.15) is 5.10 Å². The van der Waals surface area contributed by atoms with Crippen LogP contribution in [-0.2, 0) is 11.3 Å². The first-order valence-corrected chi connectivity index (χ1v) is 6.06. The van der Waals surface area contributed by atoms with Crippen molar-refractivity contribution >= 4 is 11.6 Å². The lowest BCUT2D eigenvalue weighted by Crippen LogP contribution is -2.25. The van der Waals surface area contributed by atoms with Gasteiger partial charge in [0, 0.05) is 0 Å². The highest BCUT2D eigenvalue weighted by molar-refractivity contribution is 6.07. The second-order valence-electron chi connectivity index (χ2n) is 4.55. The Kier molecular flexibility index (Phi) is 3.27. The summed E-state index contributed by atoms with van der Waals surface area (Å²) in [6.07, 6.45) is 0.845. The Balaban J connectivity index is 2.12. The standard InChI is InChI=1S/C14H18N2O/c1-4-13-11(3)14(17)16(15-13)9-12-7-5-10(2)6-8-12/h5-8,11H,4,9H2,1-3H3. The quantitative estimate of drug-likeness (QED) is 0.785. The van der Waals surface area contributed by atoms with Crippen molar-refractivity contribution in [2.75, 3.05) is 0 Å². The molecule has 1 atom stereocenters. The van der Waals surface area contributed by atoms with Crippen LogP contribution in [0.15, 0.2) is 29.4 Å². The second kappa shape index (κ2) is 4.70. The van der Waals surface area contributed by atoms with Crippen LogP contribution in [0.5, 0.6) is 0 Å². The van der Waals surface area contributed by atoms with E-state index in [-0.39, 0.29) is 11.8 Å². The molecule has 1 aromatic carbocycles. The summed E-state index contributed by atoms with van der Waals surface area (Å²) in [4.78, 5) is 12.0. The molecular formula is C14H18N2O. The van der Waals surface area contributed by atoms with Gasteiger partial charge in [-0.3, -0.25) is 4.79 Å². The maximum atomic E-state index is 12.0. The third-order valence-electron chi connectivity index (χ3n) is 3.19. The summed E-state index contributed by atoms with van der Waals surface area (Å²) in [5.74, 6) is 0.0628. The average molecular weight is 230 g/mol.